The summed E-state index contributed by atoms with van der Waals surface area (Å²) in [5.41, 5.74) is 7.71. The van der Waals surface area contributed by atoms with Gasteiger partial charge in [-0.1, -0.05) is 30.3 Å². The van der Waals surface area contributed by atoms with Crippen LogP contribution in [0.1, 0.15) is 15.9 Å². The van der Waals surface area contributed by atoms with Crippen molar-refractivity contribution in [2.24, 2.45) is 0 Å². The van der Waals surface area contributed by atoms with Crippen LogP contribution in [0.3, 0.4) is 0 Å². The summed E-state index contributed by atoms with van der Waals surface area (Å²) >= 11 is 0. The van der Waals surface area contributed by atoms with E-state index in [1.54, 1.807) is 55.5 Å². The lowest BCUT2D eigenvalue weighted by molar-refractivity contribution is -0.121. The second-order valence-electron chi connectivity index (χ2n) is 5.09. The Hall–Kier alpha value is -3.33. The van der Waals surface area contributed by atoms with Gasteiger partial charge in [0.2, 0.25) is 0 Å². The van der Waals surface area contributed by atoms with Crippen LogP contribution in [-0.2, 0) is 9.53 Å². The summed E-state index contributed by atoms with van der Waals surface area (Å²) in [5.74, 6) is -1.16. The molecule has 0 bridgehead atoms. The largest absolute Gasteiger partial charge is 0.452 e. The molecule has 0 aromatic heterocycles. The van der Waals surface area contributed by atoms with E-state index >= 15 is 0 Å². The summed E-state index contributed by atoms with van der Waals surface area (Å²) in [4.78, 5) is 25.6. The number of amides is 1. The Morgan fingerprint density at radius 2 is 1.88 bits per heavy atom. The predicted molar refractivity (Wildman–Crippen MR) is 90.3 cm³/mol. The van der Waals surface area contributed by atoms with Gasteiger partial charge in [0.05, 0.1) is 11.6 Å². The van der Waals surface area contributed by atoms with Gasteiger partial charge in [0.15, 0.2) is 6.61 Å². The molecule has 0 saturated carbocycles. The number of hydrogen-bond acceptors (Lipinski definition) is 5. The third-order valence-corrected chi connectivity index (χ3v) is 3.47. The zero-order valence-electron chi connectivity index (χ0n) is 13.2. The van der Waals surface area contributed by atoms with Crippen LogP contribution in [0.2, 0.25) is 0 Å². The quantitative estimate of drug-likeness (QED) is 0.517. The van der Waals surface area contributed by atoms with Crippen molar-refractivity contribution in [3.63, 3.8) is 0 Å². The van der Waals surface area contributed by atoms with Gasteiger partial charge in [-0.25, -0.2) is 4.79 Å². The highest BCUT2D eigenvalue weighted by Gasteiger charge is 2.19. The van der Waals surface area contributed by atoms with E-state index in [1.165, 1.54) is 4.90 Å². The van der Waals surface area contributed by atoms with Crippen LogP contribution < -0.4 is 10.6 Å². The van der Waals surface area contributed by atoms with E-state index in [-0.39, 0.29) is 12.1 Å². The molecule has 6 heteroatoms. The van der Waals surface area contributed by atoms with E-state index in [1.807, 2.05) is 6.07 Å². The lowest BCUT2D eigenvalue weighted by Crippen LogP contribution is -2.35. The number of benzene rings is 2. The van der Waals surface area contributed by atoms with E-state index in [0.717, 1.165) is 5.56 Å². The number of nitrogen functional groups attached to an aromatic ring is 1. The normalized spacial score (nSPS) is 9.83. The molecule has 0 aliphatic rings. The number of carbonyl (C=O) groups excluding carboxylic acids is 2. The van der Waals surface area contributed by atoms with Crippen molar-refractivity contribution in [2.45, 2.75) is 6.92 Å². The first kappa shape index (κ1) is 17.0. The van der Waals surface area contributed by atoms with Crippen LogP contribution in [0.15, 0.2) is 48.5 Å². The highest BCUT2D eigenvalue weighted by atomic mass is 16.5. The van der Waals surface area contributed by atoms with Crippen molar-refractivity contribution in [3.8, 4) is 6.07 Å². The highest BCUT2D eigenvalue weighted by Crippen LogP contribution is 2.18. The molecule has 1 amide bonds. The Morgan fingerprint density at radius 3 is 2.54 bits per heavy atom. The molecule has 0 heterocycles. The van der Waals surface area contributed by atoms with Crippen molar-refractivity contribution < 1.29 is 14.3 Å². The molecule has 2 aromatic carbocycles. The molecule has 2 N–H and O–H groups in total. The highest BCUT2D eigenvalue weighted by molar-refractivity contribution is 5.99. The SMILES string of the molecule is Cc1cccc(C(=O)OCC(=O)N(CC#N)c2ccccc2)c1N. The van der Waals surface area contributed by atoms with Crippen molar-refractivity contribution in [1.29, 1.82) is 5.26 Å². The molecule has 0 fully saturated rings. The van der Waals surface area contributed by atoms with Gasteiger partial charge in [-0.15, -0.1) is 0 Å². The summed E-state index contributed by atoms with van der Waals surface area (Å²) in [6.45, 7) is 1.18. The molecule has 122 valence electrons. The average molecular weight is 323 g/mol. The number of para-hydroxylation sites is 2. The van der Waals surface area contributed by atoms with E-state index in [4.69, 9.17) is 15.7 Å². The molecule has 0 radical (unpaired) electrons. The standard InChI is InChI=1S/C18H17N3O3/c1-13-6-5-9-15(17(13)20)18(23)24-12-16(22)21(11-10-19)14-7-3-2-4-8-14/h2-9H,11-12,20H2,1H3. The lowest BCUT2D eigenvalue weighted by Gasteiger charge is -2.19. The first-order valence-electron chi connectivity index (χ1n) is 7.29. The molecule has 2 rings (SSSR count). The minimum Gasteiger partial charge on any atom is -0.452 e. The van der Waals surface area contributed by atoms with Crippen LogP contribution >= 0.6 is 0 Å². The minimum absolute atomic E-state index is 0.132. The van der Waals surface area contributed by atoms with E-state index in [9.17, 15) is 9.59 Å². The van der Waals surface area contributed by atoms with Gasteiger partial charge in [0, 0.05) is 11.4 Å². The smallest absolute Gasteiger partial charge is 0.340 e. The fraction of sp³-hybridized carbons (Fsp3) is 0.167. The fourth-order valence-corrected chi connectivity index (χ4v) is 2.14. The number of nitriles is 1. The van der Waals surface area contributed by atoms with Crippen molar-refractivity contribution in [1.82, 2.24) is 0 Å². The summed E-state index contributed by atoms with van der Waals surface area (Å²) in [6, 6.07) is 15.7. The van der Waals surface area contributed by atoms with Crippen molar-refractivity contribution >= 4 is 23.3 Å². The second kappa shape index (κ2) is 7.79. The molecule has 24 heavy (non-hydrogen) atoms. The Morgan fingerprint density at radius 1 is 1.17 bits per heavy atom. The number of carbonyl (C=O) groups is 2. The third-order valence-electron chi connectivity index (χ3n) is 3.47. The van der Waals surface area contributed by atoms with E-state index < -0.39 is 18.5 Å². The average Bonchev–Trinajstić information content (AvgIpc) is 2.60. The van der Waals surface area contributed by atoms with Gasteiger partial charge in [-0.3, -0.25) is 9.69 Å². The molecule has 0 aliphatic heterocycles. The summed E-state index contributed by atoms with van der Waals surface area (Å²) < 4.78 is 5.05. The second-order valence-corrected chi connectivity index (χ2v) is 5.09. The number of nitrogens with two attached hydrogens (primary N) is 1. The molecular weight excluding hydrogens is 306 g/mol. The topological polar surface area (TPSA) is 96.4 Å². The van der Waals surface area contributed by atoms with Crippen molar-refractivity contribution in [3.05, 3.63) is 59.7 Å². The maximum atomic E-state index is 12.3. The number of aryl methyl sites for hydroxylation is 1. The zero-order valence-corrected chi connectivity index (χ0v) is 13.2. The Balaban J connectivity index is 2.07. The number of hydrogen-bond donors (Lipinski definition) is 1. The van der Waals surface area contributed by atoms with Crippen LogP contribution in [-0.4, -0.2) is 25.0 Å². The fourth-order valence-electron chi connectivity index (χ4n) is 2.14. The number of esters is 1. The van der Waals surface area contributed by atoms with Gasteiger partial charge in [-0.05, 0) is 30.7 Å². The predicted octanol–water partition coefficient (Wildman–Crippen LogP) is 2.29. The van der Waals surface area contributed by atoms with E-state index in [0.29, 0.717) is 11.4 Å². The van der Waals surface area contributed by atoms with Crippen molar-refractivity contribution in [2.75, 3.05) is 23.8 Å². The summed E-state index contributed by atoms with van der Waals surface area (Å²) in [5, 5.41) is 8.90. The minimum atomic E-state index is -0.672. The Labute approximate surface area is 140 Å². The van der Waals surface area contributed by atoms with Gasteiger partial charge in [0.25, 0.3) is 5.91 Å². The molecular formula is C18H17N3O3. The van der Waals surface area contributed by atoms with Gasteiger partial charge in [0.1, 0.15) is 6.54 Å². The molecule has 0 unspecified atom stereocenters. The third kappa shape index (κ3) is 3.90. The Bertz CT molecular complexity index is 782. The molecule has 6 nitrogen and oxygen atoms in total. The number of ether oxygens (including phenoxy) is 1. The van der Waals surface area contributed by atoms with Gasteiger partial charge >= 0.3 is 5.97 Å². The van der Waals surface area contributed by atoms with Crippen LogP contribution in [0.4, 0.5) is 11.4 Å². The number of rotatable bonds is 5. The Kier molecular flexibility index (Phi) is 5.53. The maximum absolute atomic E-state index is 12.3. The molecule has 2 aromatic rings. The lowest BCUT2D eigenvalue weighted by atomic mass is 10.1. The zero-order chi connectivity index (χ0) is 17.5. The number of nitrogens with zero attached hydrogens (tertiary/aromatic N) is 2. The van der Waals surface area contributed by atoms with Gasteiger partial charge < -0.3 is 10.5 Å². The van der Waals surface area contributed by atoms with Crippen LogP contribution in [0, 0.1) is 18.3 Å². The molecule has 0 saturated heterocycles. The van der Waals surface area contributed by atoms with Crippen LogP contribution in [0.25, 0.3) is 0 Å². The summed E-state index contributed by atoms with van der Waals surface area (Å²) in [6.07, 6.45) is 0. The van der Waals surface area contributed by atoms with Crippen LogP contribution in [0.5, 0.6) is 0 Å². The molecule has 0 spiro atoms. The molecule has 0 atom stereocenters. The van der Waals surface area contributed by atoms with Gasteiger partial charge in [-0.2, -0.15) is 5.26 Å². The monoisotopic (exact) mass is 323 g/mol. The first-order chi connectivity index (χ1) is 11.5. The maximum Gasteiger partial charge on any atom is 0.340 e. The number of anilines is 2. The molecule has 0 aliphatic carbocycles. The first-order valence-corrected chi connectivity index (χ1v) is 7.29. The summed E-state index contributed by atoms with van der Waals surface area (Å²) in [7, 11) is 0. The van der Waals surface area contributed by atoms with E-state index in [2.05, 4.69) is 0 Å².